The zero-order chi connectivity index (χ0) is 16.7. The number of hydrogen-bond donors (Lipinski definition) is 2. The monoisotopic (exact) mass is 326 g/mol. The highest BCUT2D eigenvalue weighted by molar-refractivity contribution is 5.93. The quantitative estimate of drug-likeness (QED) is 0.907. The number of fused-ring (bicyclic) bond motifs is 1. The summed E-state index contributed by atoms with van der Waals surface area (Å²) in [5.74, 6) is 2.60. The van der Waals surface area contributed by atoms with Crippen LogP contribution in [0.4, 0.5) is 0 Å². The normalized spacial score (nSPS) is 22.0. The van der Waals surface area contributed by atoms with Crippen molar-refractivity contribution in [1.82, 2.24) is 10.3 Å². The molecule has 0 saturated heterocycles. The first-order valence-electron chi connectivity index (χ1n) is 8.73. The summed E-state index contributed by atoms with van der Waals surface area (Å²) < 4.78 is 5.78. The second kappa shape index (κ2) is 5.96. The van der Waals surface area contributed by atoms with E-state index in [0.717, 1.165) is 48.5 Å². The number of H-pyrrole nitrogens is 1. The zero-order valence-electron chi connectivity index (χ0n) is 13.9. The first-order valence-corrected chi connectivity index (χ1v) is 8.73. The minimum absolute atomic E-state index is 0.193. The molecule has 0 aromatic carbocycles. The summed E-state index contributed by atoms with van der Waals surface area (Å²) in [6.07, 6.45) is 5.18. The number of rotatable bonds is 4. The lowest BCUT2D eigenvalue weighted by molar-refractivity contribution is 0.0946. The van der Waals surface area contributed by atoms with Crippen molar-refractivity contribution in [3.63, 3.8) is 0 Å². The van der Waals surface area contributed by atoms with Crippen LogP contribution in [-0.2, 0) is 19.4 Å². The Balaban J connectivity index is 1.44. The lowest BCUT2D eigenvalue weighted by atomic mass is 9.95. The first-order chi connectivity index (χ1) is 11.6. The number of aromatic nitrogens is 1. The van der Waals surface area contributed by atoms with E-state index in [4.69, 9.17) is 4.42 Å². The van der Waals surface area contributed by atoms with Gasteiger partial charge in [0.25, 0.3) is 11.5 Å². The Labute approximate surface area is 140 Å². The van der Waals surface area contributed by atoms with E-state index in [1.807, 2.05) is 12.1 Å². The van der Waals surface area contributed by atoms with Crippen LogP contribution in [0.5, 0.6) is 0 Å². The molecule has 4 rings (SSSR count). The predicted molar refractivity (Wildman–Crippen MR) is 90.1 cm³/mol. The number of carbonyl (C=O) groups is 1. The largest absolute Gasteiger partial charge is 0.464 e. The zero-order valence-corrected chi connectivity index (χ0v) is 13.9. The maximum Gasteiger partial charge on any atom is 0.261 e. The van der Waals surface area contributed by atoms with Crippen LogP contribution < -0.4 is 10.9 Å². The van der Waals surface area contributed by atoms with E-state index < -0.39 is 0 Å². The molecule has 0 aliphatic heterocycles. The number of carbonyl (C=O) groups excluding carboxylic acids is 1. The molecule has 24 heavy (non-hydrogen) atoms. The summed E-state index contributed by atoms with van der Waals surface area (Å²) in [5.41, 5.74) is 1.96. The first kappa shape index (κ1) is 15.2. The SMILES string of the molecule is C[C@H]1C[C@H]1c1ccc(CNC(=O)c2cc3c([nH]c2=O)CCCC3)o1. The van der Waals surface area contributed by atoms with E-state index in [-0.39, 0.29) is 17.0 Å². The number of nitrogens with one attached hydrogen (secondary N) is 2. The third-order valence-electron chi connectivity index (χ3n) is 5.16. The van der Waals surface area contributed by atoms with Crippen LogP contribution in [0.15, 0.2) is 27.4 Å². The molecule has 0 spiro atoms. The van der Waals surface area contributed by atoms with Crippen molar-refractivity contribution in [3.8, 4) is 0 Å². The van der Waals surface area contributed by atoms with Crippen LogP contribution in [0.1, 0.15) is 65.2 Å². The second-order valence-corrected chi connectivity index (χ2v) is 7.03. The predicted octanol–water partition coefficient (Wildman–Crippen LogP) is 2.90. The molecule has 2 aromatic rings. The van der Waals surface area contributed by atoms with Crippen LogP contribution in [0.3, 0.4) is 0 Å². The maximum absolute atomic E-state index is 12.4. The van der Waals surface area contributed by atoms with Crippen molar-refractivity contribution in [2.45, 2.75) is 51.5 Å². The van der Waals surface area contributed by atoms with Gasteiger partial charge in [0.15, 0.2) is 0 Å². The van der Waals surface area contributed by atoms with Gasteiger partial charge in [-0.15, -0.1) is 0 Å². The third kappa shape index (κ3) is 2.90. The summed E-state index contributed by atoms with van der Waals surface area (Å²) in [5, 5.41) is 2.79. The molecule has 2 aliphatic rings. The molecule has 1 saturated carbocycles. The Kier molecular flexibility index (Phi) is 3.79. The van der Waals surface area contributed by atoms with Gasteiger partial charge in [0.2, 0.25) is 0 Å². The van der Waals surface area contributed by atoms with Gasteiger partial charge >= 0.3 is 0 Å². The van der Waals surface area contributed by atoms with Crippen molar-refractivity contribution < 1.29 is 9.21 Å². The molecule has 126 valence electrons. The molecule has 0 bridgehead atoms. The minimum Gasteiger partial charge on any atom is -0.464 e. The van der Waals surface area contributed by atoms with Crippen molar-refractivity contribution in [1.29, 1.82) is 0 Å². The number of pyridine rings is 1. The smallest absolute Gasteiger partial charge is 0.261 e. The molecule has 2 aromatic heterocycles. The Morgan fingerprint density at radius 2 is 2.12 bits per heavy atom. The van der Waals surface area contributed by atoms with Crippen LogP contribution in [0.25, 0.3) is 0 Å². The van der Waals surface area contributed by atoms with Gasteiger partial charge in [-0.05, 0) is 61.8 Å². The van der Waals surface area contributed by atoms with Gasteiger partial charge in [-0.3, -0.25) is 9.59 Å². The number of hydrogen-bond acceptors (Lipinski definition) is 3. The van der Waals surface area contributed by atoms with Crippen molar-refractivity contribution in [2.75, 3.05) is 0 Å². The topological polar surface area (TPSA) is 75.1 Å². The summed E-state index contributed by atoms with van der Waals surface area (Å²) in [6, 6.07) is 5.64. The van der Waals surface area contributed by atoms with E-state index >= 15 is 0 Å². The van der Waals surface area contributed by atoms with Crippen molar-refractivity contribution in [3.05, 3.63) is 56.9 Å². The lowest BCUT2D eigenvalue weighted by Crippen LogP contribution is -2.30. The Morgan fingerprint density at radius 3 is 2.92 bits per heavy atom. The molecule has 2 atom stereocenters. The summed E-state index contributed by atoms with van der Waals surface area (Å²) in [4.78, 5) is 27.4. The van der Waals surface area contributed by atoms with Crippen LogP contribution in [0, 0.1) is 5.92 Å². The van der Waals surface area contributed by atoms with E-state index in [9.17, 15) is 9.59 Å². The Hall–Kier alpha value is -2.30. The van der Waals surface area contributed by atoms with Crippen LogP contribution in [-0.4, -0.2) is 10.9 Å². The Bertz CT molecular complexity index is 833. The van der Waals surface area contributed by atoms with Gasteiger partial charge in [-0.25, -0.2) is 0 Å². The van der Waals surface area contributed by atoms with Gasteiger partial charge in [0.05, 0.1) is 6.54 Å². The molecule has 0 unspecified atom stereocenters. The highest BCUT2D eigenvalue weighted by atomic mass is 16.3. The summed E-state index contributed by atoms with van der Waals surface area (Å²) in [6.45, 7) is 2.51. The standard InChI is InChI=1S/C19H22N2O3/c1-11-8-14(11)17-7-6-13(24-17)10-20-18(22)15-9-12-4-2-3-5-16(12)21-19(15)23/h6-7,9,11,14H,2-5,8,10H2,1H3,(H,20,22)(H,21,23)/t11-,14+/m0/s1. The highest BCUT2D eigenvalue weighted by Gasteiger charge is 2.36. The second-order valence-electron chi connectivity index (χ2n) is 7.03. The molecule has 0 radical (unpaired) electrons. The fourth-order valence-corrected chi connectivity index (χ4v) is 3.51. The molecule has 5 nitrogen and oxygen atoms in total. The molecule has 2 aliphatic carbocycles. The lowest BCUT2D eigenvalue weighted by Gasteiger charge is -2.15. The fourth-order valence-electron chi connectivity index (χ4n) is 3.51. The Morgan fingerprint density at radius 1 is 1.33 bits per heavy atom. The average Bonchev–Trinajstić information content (AvgIpc) is 3.13. The van der Waals surface area contributed by atoms with Crippen molar-refractivity contribution in [2.24, 2.45) is 5.92 Å². The third-order valence-corrected chi connectivity index (χ3v) is 5.16. The van der Waals surface area contributed by atoms with Crippen molar-refractivity contribution >= 4 is 5.91 Å². The minimum atomic E-state index is -0.345. The molecule has 1 amide bonds. The van der Waals surface area contributed by atoms with E-state index in [1.54, 1.807) is 6.07 Å². The van der Waals surface area contributed by atoms with Crippen LogP contribution >= 0.6 is 0 Å². The fraction of sp³-hybridized carbons (Fsp3) is 0.474. The average molecular weight is 326 g/mol. The number of furan rings is 1. The van der Waals surface area contributed by atoms with E-state index in [0.29, 0.717) is 18.4 Å². The van der Waals surface area contributed by atoms with E-state index in [1.165, 1.54) is 6.42 Å². The highest BCUT2D eigenvalue weighted by Crippen LogP contribution is 2.47. The van der Waals surface area contributed by atoms with Gasteiger partial charge in [0, 0.05) is 11.6 Å². The molecule has 2 N–H and O–H groups in total. The number of aryl methyl sites for hydroxylation is 2. The number of amides is 1. The summed E-state index contributed by atoms with van der Waals surface area (Å²) in [7, 11) is 0. The summed E-state index contributed by atoms with van der Waals surface area (Å²) >= 11 is 0. The van der Waals surface area contributed by atoms with Gasteiger partial charge < -0.3 is 14.7 Å². The molecule has 2 heterocycles. The van der Waals surface area contributed by atoms with Gasteiger partial charge in [-0.2, -0.15) is 0 Å². The molecular formula is C19H22N2O3. The van der Waals surface area contributed by atoms with Gasteiger partial charge in [0.1, 0.15) is 17.1 Å². The van der Waals surface area contributed by atoms with E-state index in [2.05, 4.69) is 17.2 Å². The molecular weight excluding hydrogens is 304 g/mol. The van der Waals surface area contributed by atoms with Crippen LogP contribution in [0.2, 0.25) is 0 Å². The molecule has 1 fully saturated rings. The van der Waals surface area contributed by atoms with Gasteiger partial charge in [-0.1, -0.05) is 6.92 Å². The maximum atomic E-state index is 12.4. The molecule has 5 heteroatoms. The number of aromatic amines is 1.